The third-order valence-corrected chi connectivity index (χ3v) is 9.59. The molecule has 0 saturated heterocycles. The average Bonchev–Trinajstić information content (AvgIpc) is 3.50. The molecule has 0 N–H and O–H groups in total. The number of rotatable bonds is 9. The zero-order chi connectivity index (χ0) is 33.3. The Morgan fingerprint density at radius 3 is 1.79 bits per heavy atom. The summed E-state index contributed by atoms with van der Waals surface area (Å²) in [5.74, 6) is 1.88. The summed E-state index contributed by atoms with van der Waals surface area (Å²) in [4.78, 5) is 0. The lowest BCUT2D eigenvalue weighted by atomic mass is 9.86. The van der Waals surface area contributed by atoms with Gasteiger partial charge >= 0.3 is 0 Å². The minimum atomic E-state index is -0.152. The molecule has 0 amide bonds. The summed E-state index contributed by atoms with van der Waals surface area (Å²) in [5, 5.41) is 9.94. The second-order valence-electron chi connectivity index (χ2n) is 13.9. The lowest BCUT2D eigenvalue weighted by molar-refractivity contribution is 0.425. The molecule has 3 nitrogen and oxygen atoms in total. The van der Waals surface area contributed by atoms with E-state index in [-0.39, 0.29) is 5.41 Å². The maximum absolute atomic E-state index is 4.97. The predicted octanol–water partition coefficient (Wildman–Crippen LogP) is 11.9. The first-order chi connectivity index (χ1) is 22.6. The Hall–Kier alpha value is -4.76. The third kappa shape index (κ3) is 6.45. The molecule has 0 saturated carbocycles. The Morgan fingerprint density at radius 2 is 1.17 bits per heavy atom. The first-order valence-electron chi connectivity index (χ1n) is 17.0. The second kappa shape index (κ2) is 13.2. The minimum absolute atomic E-state index is 0.152. The quantitative estimate of drug-likeness (QED) is 0.162. The predicted molar refractivity (Wildman–Crippen MR) is 199 cm³/mol. The van der Waals surface area contributed by atoms with Crippen LogP contribution in [0.25, 0.3) is 50.5 Å². The molecule has 6 rings (SSSR count). The van der Waals surface area contributed by atoms with Crippen molar-refractivity contribution in [2.45, 2.75) is 80.1 Å². The molecule has 0 radical (unpaired) electrons. The van der Waals surface area contributed by atoms with Gasteiger partial charge in [-0.3, -0.25) is 4.57 Å². The topological polar surface area (TPSA) is 30.7 Å². The van der Waals surface area contributed by atoms with Gasteiger partial charge in [0.1, 0.15) is 5.82 Å². The van der Waals surface area contributed by atoms with Gasteiger partial charge < -0.3 is 0 Å². The summed E-state index contributed by atoms with van der Waals surface area (Å²) >= 11 is 0. The van der Waals surface area contributed by atoms with Gasteiger partial charge in [0.2, 0.25) is 0 Å². The first kappa shape index (κ1) is 32.2. The van der Waals surface area contributed by atoms with Crippen molar-refractivity contribution >= 4 is 0 Å². The molecule has 238 valence electrons. The van der Waals surface area contributed by atoms with Crippen LogP contribution in [0.15, 0.2) is 103 Å². The third-order valence-electron chi connectivity index (χ3n) is 9.59. The summed E-state index contributed by atoms with van der Waals surface area (Å²) in [6.45, 7) is 17.8. The molecule has 1 heterocycles. The standard InChI is InChI=1S/C44H47N3/c1-9-10-24-44(7,8)43-46-45-42(47(43)41-23-19-35(27-33(41)6)34-14-12-11-13-15-34)36-18-22-39(37-20-16-29(2)25-31(37)4)40(28-36)38-21-17-30(3)26-32(38)5/h11-23,25-28H,9-10,24H2,1-8H3. The van der Waals surface area contributed by atoms with Crippen LogP contribution in [0.5, 0.6) is 0 Å². The van der Waals surface area contributed by atoms with Crippen LogP contribution in [0.2, 0.25) is 0 Å². The fourth-order valence-electron chi connectivity index (χ4n) is 6.96. The van der Waals surface area contributed by atoms with E-state index in [9.17, 15) is 0 Å². The van der Waals surface area contributed by atoms with Gasteiger partial charge in [-0.05, 0) is 109 Å². The molecule has 0 bridgehead atoms. The Balaban J connectivity index is 1.58. The molecule has 1 aromatic heterocycles. The van der Waals surface area contributed by atoms with Crippen LogP contribution in [0.3, 0.4) is 0 Å². The number of hydrogen-bond acceptors (Lipinski definition) is 2. The van der Waals surface area contributed by atoms with Crippen LogP contribution in [0.1, 0.15) is 73.7 Å². The monoisotopic (exact) mass is 617 g/mol. The van der Waals surface area contributed by atoms with Gasteiger partial charge in [0.15, 0.2) is 5.82 Å². The molecule has 0 atom stereocenters. The van der Waals surface area contributed by atoms with Crippen molar-refractivity contribution in [3.8, 4) is 50.5 Å². The van der Waals surface area contributed by atoms with Gasteiger partial charge in [-0.15, -0.1) is 10.2 Å². The molecule has 6 aromatic rings. The zero-order valence-electron chi connectivity index (χ0n) is 29.3. The number of unbranched alkanes of at least 4 members (excludes halogenated alkanes) is 1. The summed E-state index contributed by atoms with van der Waals surface area (Å²) in [6.07, 6.45) is 3.33. The van der Waals surface area contributed by atoms with Crippen LogP contribution in [0, 0.1) is 34.6 Å². The van der Waals surface area contributed by atoms with Crippen molar-refractivity contribution in [3.63, 3.8) is 0 Å². The molecule has 0 aliphatic heterocycles. The van der Waals surface area contributed by atoms with Crippen LogP contribution in [0.4, 0.5) is 0 Å². The fourth-order valence-corrected chi connectivity index (χ4v) is 6.96. The summed E-state index contributed by atoms with van der Waals surface area (Å²) in [7, 11) is 0. The smallest absolute Gasteiger partial charge is 0.168 e. The Morgan fingerprint density at radius 1 is 0.553 bits per heavy atom. The highest BCUT2D eigenvalue weighted by atomic mass is 15.3. The molecule has 0 spiro atoms. The van der Waals surface area contributed by atoms with Gasteiger partial charge in [0.05, 0.1) is 5.69 Å². The van der Waals surface area contributed by atoms with E-state index in [1.165, 1.54) is 61.2 Å². The van der Waals surface area contributed by atoms with Gasteiger partial charge in [-0.25, -0.2) is 0 Å². The number of hydrogen-bond donors (Lipinski definition) is 0. The largest absolute Gasteiger partial charge is 0.278 e. The van der Waals surface area contributed by atoms with Gasteiger partial charge in [0.25, 0.3) is 0 Å². The Bertz CT molecular complexity index is 2050. The van der Waals surface area contributed by atoms with Crippen molar-refractivity contribution < 1.29 is 0 Å². The van der Waals surface area contributed by atoms with Crippen LogP contribution in [-0.4, -0.2) is 14.8 Å². The lowest BCUT2D eigenvalue weighted by Crippen LogP contribution is -2.23. The van der Waals surface area contributed by atoms with E-state index >= 15 is 0 Å². The lowest BCUT2D eigenvalue weighted by Gasteiger charge is -2.26. The minimum Gasteiger partial charge on any atom is -0.278 e. The van der Waals surface area contributed by atoms with E-state index in [2.05, 4.69) is 163 Å². The molecular formula is C44H47N3. The summed E-state index contributed by atoms with van der Waals surface area (Å²) in [5.41, 5.74) is 15.7. The van der Waals surface area contributed by atoms with Crippen molar-refractivity contribution in [1.29, 1.82) is 0 Å². The van der Waals surface area contributed by atoms with Gasteiger partial charge in [0, 0.05) is 11.0 Å². The molecule has 5 aromatic carbocycles. The van der Waals surface area contributed by atoms with E-state index in [1.54, 1.807) is 0 Å². The van der Waals surface area contributed by atoms with Crippen molar-refractivity contribution in [2.24, 2.45) is 0 Å². The summed E-state index contributed by atoms with van der Waals surface area (Å²) < 4.78 is 2.33. The second-order valence-corrected chi connectivity index (χ2v) is 13.9. The van der Waals surface area contributed by atoms with Gasteiger partial charge in [-0.1, -0.05) is 130 Å². The van der Waals surface area contributed by atoms with Crippen LogP contribution >= 0.6 is 0 Å². The molecule has 3 heteroatoms. The molecule has 0 fully saturated rings. The maximum atomic E-state index is 4.97. The molecule has 0 unspecified atom stereocenters. The molecule has 47 heavy (non-hydrogen) atoms. The highest BCUT2D eigenvalue weighted by Gasteiger charge is 2.30. The zero-order valence-corrected chi connectivity index (χ0v) is 29.3. The van der Waals surface area contributed by atoms with E-state index in [4.69, 9.17) is 10.2 Å². The average molecular weight is 618 g/mol. The highest BCUT2D eigenvalue weighted by Crippen LogP contribution is 2.41. The number of nitrogens with zero attached hydrogens (tertiary/aromatic N) is 3. The molecule has 0 aliphatic carbocycles. The highest BCUT2D eigenvalue weighted by molar-refractivity contribution is 5.89. The van der Waals surface area contributed by atoms with Crippen molar-refractivity contribution in [1.82, 2.24) is 14.8 Å². The summed E-state index contributed by atoms with van der Waals surface area (Å²) in [6, 6.07) is 37.8. The maximum Gasteiger partial charge on any atom is 0.168 e. The van der Waals surface area contributed by atoms with Crippen LogP contribution in [-0.2, 0) is 5.41 Å². The van der Waals surface area contributed by atoms with Gasteiger partial charge in [-0.2, -0.15) is 0 Å². The Kier molecular flexibility index (Phi) is 9.01. The van der Waals surface area contributed by atoms with E-state index in [0.29, 0.717) is 0 Å². The van der Waals surface area contributed by atoms with Crippen LogP contribution < -0.4 is 0 Å². The van der Waals surface area contributed by atoms with Crippen molar-refractivity contribution in [3.05, 3.63) is 137 Å². The number of aryl methyl sites for hydroxylation is 5. The SMILES string of the molecule is CCCCC(C)(C)c1nnc(-c2ccc(-c3ccc(C)cc3C)c(-c3ccc(C)cc3C)c2)n1-c1ccc(-c2ccccc2)cc1C. The first-order valence-corrected chi connectivity index (χ1v) is 17.0. The molecule has 0 aliphatic rings. The Labute approximate surface area is 281 Å². The normalized spacial score (nSPS) is 11.7. The van der Waals surface area contributed by atoms with E-state index < -0.39 is 0 Å². The van der Waals surface area contributed by atoms with Crippen molar-refractivity contribution in [2.75, 3.05) is 0 Å². The number of benzene rings is 5. The fraction of sp³-hybridized carbons (Fsp3) is 0.273. The molecular weight excluding hydrogens is 571 g/mol. The number of aromatic nitrogens is 3. The van der Waals surface area contributed by atoms with E-state index in [0.717, 1.165) is 42.2 Å². The van der Waals surface area contributed by atoms with E-state index in [1.807, 2.05) is 0 Å².